The van der Waals surface area contributed by atoms with E-state index in [1.54, 1.807) is 18.2 Å². The van der Waals surface area contributed by atoms with Crippen LogP contribution < -0.4 is 10.1 Å². The Bertz CT molecular complexity index is 662. The molecule has 0 saturated carbocycles. The molecule has 1 aliphatic heterocycles. The number of nitrogens with one attached hydrogen (secondary N) is 1. The summed E-state index contributed by atoms with van der Waals surface area (Å²) < 4.78 is 6.59. The Morgan fingerprint density at radius 2 is 2.14 bits per heavy atom. The summed E-state index contributed by atoms with van der Waals surface area (Å²) in [5.74, 6) is 0.0152. The number of para-hydroxylation sites is 1. The number of carboxylic acid groups (broad SMARTS) is 1. The Kier molecular flexibility index (Phi) is 3.84. The first-order valence-electron chi connectivity index (χ1n) is 6.65. The zero-order chi connectivity index (χ0) is 14.8. The number of fused-ring (bicyclic) bond motifs is 1. The fourth-order valence-electron chi connectivity index (χ4n) is 2.38. The lowest BCUT2D eigenvalue weighted by Crippen LogP contribution is -2.24. The lowest BCUT2D eigenvalue weighted by molar-refractivity contribution is 0.0697. The lowest BCUT2D eigenvalue weighted by atomic mass is 10.1. The van der Waals surface area contributed by atoms with Gasteiger partial charge in [-0.15, -0.1) is 0 Å². The van der Waals surface area contributed by atoms with Crippen LogP contribution in [0.2, 0.25) is 0 Å². The van der Waals surface area contributed by atoms with Gasteiger partial charge in [0.1, 0.15) is 11.9 Å². The normalized spacial score (nSPS) is 16.1. The van der Waals surface area contributed by atoms with Crippen molar-refractivity contribution in [1.29, 1.82) is 0 Å². The lowest BCUT2D eigenvalue weighted by Gasteiger charge is -2.14. The fourth-order valence-corrected chi connectivity index (χ4v) is 2.90. The molecule has 2 aromatic rings. The highest BCUT2D eigenvalue weighted by atomic mass is 79.9. The standard InChI is InChI=1S/C16H14BrNO3/c17-13-8-11(16(19)20)5-6-14(13)18-9-12-7-10-3-1-2-4-15(10)21-12/h1-6,8,12,18H,7,9H2,(H,19,20). The summed E-state index contributed by atoms with van der Waals surface area (Å²) in [5.41, 5.74) is 2.35. The van der Waals surface area contributed by atoms with Crippen LogP contribution in [0.4, 0.5) is 5.69 Å². The van der Waals surface area contributed by atoms with E-state index in [4.69, 9.17) is 9.84 Å². The van der Waals surface area contributed by atoms with Gasteiger partial charge in [-0.05, 0) is 45.8 Å². The van der Waals surface area contributed by atoms with Gasteiger partial charge in [0.25, 0.3) is 0 Å². The second kappa shape index (κ2) is 5.77. The molecule has 0 aliphatic carbocycles. The molecular formula is C16H14BrNO3. The molecule has 5 heteroatoms. The average molecular weight is 348 g/mol. The van der Waals surface area contributed by atoms with Crippen LogP contribution >= 0.6 is 15.9 Å². The minimum Gasteiger partial charge on any atom is -0.488 e. The Morgan fingerprint density at radius 3 is 2.86 bits per heavy atom. The number of hydrogen-bond acceptors (Lipinski definition) is 3. The van der Waals surface area contributed by atoms with E-state index in [1.165, 1.54) is 5.56 Å². The van der Waals surface area contributed by atoms with Crippen LogP contribution in [0, 0.1) is 0 Å². The topological polar surface area (TPSA) is 58.6 Å². The van der Waals surface area contributed by atoms with Crippen molar-refractivity contribution in [3.63, 3.8) is 0 Å². The molecule has 0 spiro atoms. The number of rotatable bonds is 4. The van der Waals surface area contributed by atoms with Gasteiger partial charge in [0.15, 0.2) is 0 Å². The molecule has 0 fully saturated rings. The highest BCUT2D eigenvalue weighted by molar-refractivity contribution is 9.10. The van der Waals surface area contributed by atoms with Gasteiger partial charge in [0.05, 0.1) is 12.1 Å². The predicted octanol–water partition coefficient (Wildman–Crippen LogP) is 3.56. The Balaban J connectivity index is 1.63. The summed E-state index contributed by atoms with van der Waals surface area (Å²) in [5, 5.41) is 12.2. The fraction of sp³-hybridized carbons (Fsp3) is 0.188. The second-order valence-electron chi connectivity index (χ2n) is 4.93. The summed E-state index contributed by atoms with van der Waals surface area (Å²) in [6, 6.07) is 13.0. The van der Waals surface area contributed by atoms with Crippen LogP contribution in [0.25, 0.3) is 0 Å². The van der Waals surface area contributed by atoms with Crippen molar-refractivity contribution < 1.29 is 14.6 Å². The van der Waals surface area contributed by atoms with Crippen molar-refractivity contribution >= 4 is 27.6 Å². The van der Waals surface area contributed by atoms with Crippen molar-refractivity contribution in [1.82, 2.24) is 0 Å². The maximum absolute atomic E-state index is 10.9. The zero-order valence-corrected chi connectivity index (χ0v) is 12.8. The first kappa shape index (κ1) is 13.9. The molecule has 1 aliphatic rings. The van der Waals surface area contributed by atoms with Gasteiger partial charge in [-0.1, -0.05) is 18.2 Å². The highest BCUT2D eigenvalue weighted by Crippen LogP contribution is 2.29. The Labute approximate surface area is 130 Å². The quantitative estimate of drug-likeness (QED) is 0.887. The molecular weight excluding hydrogens is 334 g/mol. The monoisotopic (exact) mass is 347 g/mol. The SMILES string of the molecule is O=C(O)c1ccc(NCC2Cc3ccccc3O2)c(Br)c1. The molecule has 1 unspecified atom stereocenters. The van der Waals surface area contributed by atoms with E-state index in [2.05, 4.69) is 27.3 Å². The van der Waals surface area contributed by atoms with E-state index in [0.29, 0.717) is 6.54 Å². The van der Waals surface area contributed by atoms with Crippen molar-refractivity contribution in [3.8, 4) is 5.75 Å². The van der Waals surface area contributed by atoms with Gasteiger partial charge in [0, 0.05) is 16.6 Å². The largest absolute Gasteiger partial charge is 0.488 e. The summed E-state index contributed by atoms with van der Waals surface area (Å²) in [4.78, 5) is 10.9. The molecule has 3 rings (SSSR count). The smallest absolute Gasteiger partial charge is 0.335 e. The Morgan fingerprint density at radius 1 is 1.33 bits per heavy atom. The molecule has 0 radical (unpaired) electrons. The van der Waals surface area contributed by atoms with E-state index in [-0.39, 0.29) is 11.7 Å². The number of benzene rings is 2. The number of hydrogen-bond donors (Lipinski definition) is 2. The number of anilines is 1. The minimum atomic E-state index is -0.933. The van der Waals surface area contributed by atoms with Gasteiger partial charge in [-0.3, -0.25) is 0 Å². The molecule has 1 heterocycles. The van der Waals surface area contributed by atoms with Gasteiger partial charge < -0.3 is 15.2 Å². The molecule has 0 aromatic heterocycles. The number of aromatic carboxylic acids is 1. The van der Waals surface area contributed by atoms with Crippen LogP contribution in [-0.2, 0) is 6.42 Å². The van der Waals surface area contributed by atoms with Crippen LogP contribution in [0.3, 0.4) is 0 Å². The molecule has 1 atom stereocenters. The number of halogens is 1. The van der Waals surface area contributed by atoms with E-state index in [1.807, 2.05) is 18.2 Å². The van der Waals surface area contributed by atoms with Crippen LogP contribution in [0.15, 0.2) is 46.9 Å². The first-order chi connectivity index (χ1) is 10.1. The number of carbonyl (C=O) groups is 1. The molecule has 21 heavy (non-hydrogen) atoms. The zero-order valence-electron chi connectivity index (χ0n) is 11.2. The van der Waals surface area contributed by atoms with Crippen molar-refractivity contribution in [2.75, 3.05) is 11.9 Å². The minimum absolute atomic E-state index is 0.0912. The van der Waals surface area contributed by atoms with Crippen LogP contribution in [0.5, 0.6) is 5.75 Å². The van der Waals surface area contributed by atoms with Gasteiger partial charge in [0.2, 0.25) is 0 Å². The second-order valence-corrected chi connectivity index (χ2v) is 5.79. The molecule has 0 amide bonds. The molecule has 2 aromatic carbocycles. The van der Waals surface area contributed by atoms with E-state index < -0.39 is 5.97 Å². The summed E-state index contributed by atoms with van der Waals surface area (Å²) in [6.07, 6.45) is 0.974. The third-order valence-corrected chi connectivity index (χ3v) is 4.11. The number of ether oxygens (including phenoxy) is 1. The van der Waals surface area contributed by atoms with Crippen LogP contribution in [-0.4, -0.2) is 23.7 Å². The predicted molar refractivity (Wildman–Crippen MR) is 84.2 cm³/mol. The average Bonchev–Trinajstić information content (AvgIpc) is 2.88. The van der Waals surface area contributed by atoms with Gasteiger partial charge >= 0.3 is 5.97 Å². The van der Waals surface area contributed by atoms with Gasteiger partial charge in [-0.2, -0.15) is 0 Å². The van der Waals surface area contributed by atoms with E-state index in [0.717, 1.165) is 22.3 Å². The molecule has 108 valence electrons. The molecule has 0 saturated heterocycles. The van der Waals surface area contributed by atoms with Crippen LogP contribution in [0.1, 0.15) is 15.9 Å². The highest BCUT2D eigenvalue weighted by Gasteiger charge is 2.22. The van der Waals surface area contributed by atoms with E-state index >= 15 is 0 Å². The maximum atomic E-state index is 10.9. The third-order valence-electron chi connectivity index (χ3n) is 3.45. The van der Waals surface area contributed by atoms with Gasteiger partial charge in [-0.25, -0.2) is 4.79 Å². The molecule has 2 N–H and O–H groups in total. The van der Waals surface area contributed by atoms with Crippen molar-refractivity contribution in [2.24, 2.45) is 0 Å². The molecule has 4 nitrogen and oxygen atoms in total. The maximum Gasteiger partial charge on any atom is 0.335 e. The third kappa shape index (κ3) is 3.03. The summed E-state index contributed by atoms with van der Waals surface area (Å²) >= 11 is 3.39. The Hall–Kier alpha value is -2.01. The van der Waals surface area contributed by atoms with E-state index in [9.17, 15) is 4.79 Å². The summed E-state index contributed by atoms with van der Waals surface area (Å²) in [7, 11) is 0. The number of carboxylic acids is 1. The molecule has 0 bridgehead atoms. The van der Waals surface area contributed by atoms with Crippen molar-refractivity contribution in [3.05, 3.63) is 58.1 Å². The van der Waals surface area contributed by atoms with Crippen molar-refractivity contribution in [2.45, 2.75) is 12.5 Å². The summed E-state index contributed by atoms with van der Waals surface area (Å²) in [6.45, 7) is 0.666. The first-order valence-corrected chi connectivity index (χ1v) is 7.44.